The molecule has 0 bridgehead atoms. The molecular weight excluding hydrogens is 847 g/mol. The Kier molecular flexibility index (Phi) is 13.7. The summed E-state index contributed by atoms with van der Waals surface area (Å²) in [6, 6.07) is 5.25. The van der Waals surface area contributed by atoms with Gasteiger partial charge >= 0.3 is 12.1 Å². The summed E-state index contributed by atoms with van der Waals surface area (Å²) in [5.41, 5.74) is 1.93. The van der Waals surface area contributed by atoms with E-state index in [0.29, 0.717) is 25.1 Å². The van der Waals surface area contributed by atoms with Crippen molar-refractivity contribution >= 4 is 58.6 Å². The Morgan fingerprint density at radius 3 is 2.34 bits per heavy atom. The Bertz CT molecular complexity index is 2530. The van der Waals surface area contributed by atoms with Crippen LogP contribution in [0.25, 0.3) is 0 Å². The van der Waals surface area contributed by atoms with Gasteiger partial charge in [0, 0.05) is 65.4 Å². The fraction of sp³-hybridized carbons (Fsp3) is 0.386. The van der Waals surface area contributed by atoms with E-state index in [1.165, 1.54) is 74.6 Å². The summed E-state index contributed by atoms with van der Waals surface area (Å²) in [5, 5.41) is 17.4. The molecule has 5 amide bonds. The third-order valence-corrected chi connectivity index (χ3v) is 11.0. The quantitative estimate of drug-likeness (QED) is 0.0867. The van der Waals surface area contributed by atoms with Crippen molar-refractivity contribution in [3.63, 3.8) is 0 Å². The van der Waals surface area contributed by atoms with Crippen molar-refractivity contribution in [2.24, 2.45) is 21.1 Å². The topological polar surface area (TPSA) is 239 Å². The second-order valence-corrected chi connectivity index (χ2v) is 15.8. The minimum Gasteiger partial charge on any atom is -0.493 e. The highest BCUT2D eigenvalue weighted by molar-refractivity contribution is 6.07. The van der Waals surface area contributed by atoms with Crippen LogP contribution in [0.4, 0.5) is 27.7 Å². The van der Waals surface area contributed by atoms with Crippen LogP contribution < -0.4 is 30.3 Å². The molecule has 2 saturated heterocycles. The lowest BCUT2D eigenvalue weighted by molar-refractivity contribution is -0.195. The molecule has 4 N–H and O–H groups in total. The van der Waals surface area contributed by atoms with Crippen LogP contribution in [0.2, 0.25) is 0 Å². The van der Waals surface area contributed by atoms with Gasteiger partial charge in [-0.3, -0.25) is 19.2 Å². The molecule has 344 valence electrons. The second-order valence-electron chi connectivity index (χ2n) is 15.8. The van der Waals surface area contributed by atoms with Gasteiger partial charge in [0.25, 0.3) is 17.7 Å². The van der Waals surface area contributed by atoms with Crippen LogP contribution in [0.3, 0.4) is 0 Å². The SMILES string of the molecule is C=CCOC(=O)N1c2cc(OCCCC(=O)Nc3cn(C)c(C(=O)Nc4cc(C(=O)Nc5cc(C(=O)O)n(C)c5)n(C)c4)n3)c(OC)cc2C(=O)N2CC(=C)C[C@H]2C1OC1CCCCO1. The lowest BCUT2D eigenvalue weighted by Crippen LogP contribution is -2.54. The van der Waals surface area contributed by atoms with Crippen LogP contribution in [0.15, 0.2) is 67.7 Å². The lowest BCUT2D eigenvalue weighted by atomic mass is 10.1. The van der Waals surface area contributed by atoms with E-state index >= 15 is 0 Å². The van der Waals surface area contributed by atoms with Crippen LogP contribution in [-0.4, -0.2) is 116 Å². The van der Waals surface area contributed by atoms with Crippen LogP contribution in [0.1, 0.15) is 80.5 Å². The first-order chi connectivity index (χ1) is 31.1. The van der Waals surface area contributed by atoms with Crippen molar-refractivity contribution < 1.29 is 57.6 Å². The fourth-order valence-electron chi connectivity index (χ4n) is 7.93. The number of methoxy groups -OCH3 is 1. The molecule has 0 saturated carbocycles. The van der Waals surface area contributed by atoms with Gasteiger partial charge in [0.1, 0.15) is 18.0 Å². The predicted molar refractivity (Wildman–Crippen MR) is 234 cm³/mol. The Balaban J connectivity index is 0.989. The van der Waals surface area contributed by atoms with Gasteiger partial charge in [-0.15, -0.1) is 0 Å². The van der Waals surface area contributed by atoms with E-state index in [9.17, 15) is 33.9 Å². The first-order valence-corrected chi connectivity index (χ1v) is 20.8. The molecular formula is C44H51N9O12. The molecule has 0 spiro atoms. The highest BCUT2D eigenvalue weighted by Crippen LogP contribution is 2.43. The number of aromatic carboxylic acids is 1. The minimum atomic E-state index is -1.14. The number of carboxylic acids is 1. The first-order valence-electron chi connectivity index (χ1n) is 20.8. The molecule has 21 nitrogen and oxygen atoms in total. The molecule has 6 heterocycles. The number of hydrogen-bond donors (Lipinski definition) is 4. The molecule has 7 rings (SSSR count). The molecule has 0 aliphatic carbocycles. The summed E-state index contributed by atoms with van der Waals surface area (Å²) >= 11 is 0. The first kappa shape index (κ1) is 45.6. The molecule has 2 unspecified atom stereocenters. The van der Waals surface area contributed by atoms with Crippen molar-refractivity contribution in [2.75, 3.05) is 54.3 Å². The standard InChI is InChI=1S/C44H51N9O12/c1-7-13-64-44(60)53-29-20-34(33(61-6)19-28(29)41(57)52-21-25(2)16-31(52)42(53)65-37-12-8-9-14-63-37)62-15-10-11-36(54)47-35-24-51(5)38(48-35)40(56)46-26-17-30(49(3)22-26)39(55)45-27-18-32(43(58)59)50(4)23-27/h7,17-20,22-24,31,37,42H,1-2,8-16,21H2,3-6H3,(H,45,55)(H,46,56)(H,47,54)(H,58,59)/t31-,37?,42?/m0/s1. The smallest absolute Gasteiger partial charge is 0.416 e. The normalized spacial score (nSPS) is 18.0. The highest BCUT2D eigenvalue weighted by atomic mass is 16.7. The van der Waals surface area contributed by atoms with E-state index in [-0.39, 0.29) is 90.0 Å². The van der Waals surface area contributed by atoms with E-state index in [4.69, 9.17) is 23.7 Å². The van der Waals surface area contributed by atoms with Gasteiger partial charge in [0.15, 0.2) is 29.8 Å². The number of ether oxygens (including phenoxy) is 5. The van der Waals surface area contributed by atoms with Gasteiger partial charge in [0.05, 0.1) is 42.4 Å². The van der Waals surface area contributed by atoms with E-state index in [0.717, 1.165) is 18.4 Å². The molecule has 3 atom stereocenters. The van der Waals surface area contributed by atoms with Crippen LogP contribution in [0.5, 0.6) is 11.5 Å². The highest BCUT2D eigenvalue weighted by Gasteiger charge is 2.48. The van der Waals surface area contributed by atoms with E-state index in [2.05, 4.69) is 34.1 Å². The number of rotatable bonds is 16. The summed E-state index contributed by atoms with van der Waals surface area (Å²) in [4.78, 5) is 86.0. The molecule has 3 aliphatic heterocycles. The van der Waals surface area contributed by atoms with Gasteiger partial charge in [-0.05, 0) is 50.3 Å². The Hall–Kier alpha value is -7.39. The van der Waals surface area contributed by atoms with Crippen LogP contribution in [0, 0.1) is 0 Å². The van der Waals surface area contributed by atoms with Crippen LogP contribution >= 0.6 is 0 Å². The molecule has 0 radical (unpaired) electrons. The maximum Gasteiger partial charge on any atom is 0.416 e. The molecule has 1 aromatic carbocycles. The van der Waals surface area contributed by atoms with E-state index in [1.54, 1.807) is 26.0 Å². The number of imidazole rings is 1. The maximum atomic E-state index is 14.2. The average molecular weight is 898 g/mol. The number of nitrogens with zero attached hydrogens (tertiary/aromatic N) is 6. The summed E-state index contributed by atoms with van der Waals surface area (Å²) in [6.07, 6.45) is 6.53. The number of benzene rings is 1. The summed E-state index contributed by atoms with van der Waals surface area (Å²) in [6.45, 7) is 8.50. The molecule has 3 aromatic heterocycles. The van der Waals surface area contributed by atoms with Crippen molar-refractivity contribution in [2.45, 2.75) is 57.1 Å². The zero-order valence-electron chi connectivity index (χ0n) is 36.5. The van der Waals surface area contributed by atoms with Crippen molar-refractivity contribution in [3.05, 3.63) is 90.4 Å². The van der Waals surface area contributed by atoms with E-state index in [1.807, 2.05) is 0 Å². The number of amides is 5. The van der Waals surface area contributed by atoms with Crippen molar-refractivity contribution in [1.29, 1.82) is 0 Å². The molecule has 4 aromatic rings. The number of nitrogens with one attached hydrogen (secondary N) is 3. The van der Waals surface area contributed by atoms with Crippen molar-refractivity contribution in [3.8, 4) is 11.5 Å². The summed E-state index contributed by atoms with van der Waals surface area (Å²) in [5.74, 6) is -2.50. The van der Waals surface area contributed by atoms with Gasteiger partial charge in [-0.25, -0.2) is 19.5 Å². The Morgan fingerprint density at radius 1 is 0.938 bits per heavy atom. The Labute approximate surface area is 373 Å². The number of aryl methyl sites for hydroxylation is 3. The minimum absolute atomic E-state index is 0.00284. The van der Waals surface area contributed by atoms with Gasteiger partial charge in [-0.1, -0.05) is 24.8 Å². The maximum absolute atomic E-state index is 14.2. The zero-order valence-corrected chi connectivity index (χ0v) is 36.5. The van der Waals surface area contributed by atoms with Crippen molar-refractivity contribution in [1.82, 2.24) is 23.6 Å². The van der Waals surface area contributed by atoms with Gasteiger partial charge < -0.3 is 63.3 Å². The second kappa shape index (κ2) is 19.6. The number of carbonyl (C=O) groups is 6. The van der Waals surface area contributed by atoms with Crippen LogP contribution in [-0.2, 0) is 40.1 Å². The van der Waals surface area contributed by atoms with Gasteiger partial charge in [0.2, 0.25) is 11.7 Å². The fourth-order valence-corrected chi connectivity index (χ4v) is 7.93. The summed E-state index contributed by atoms with van der Waals surface area (Å²) in [7, 11) is 6.17. The van der Waals surface area contributed by atoms with E-state index < -0.39 is 48.3 Å². The number of hydrogen-bond acceptors (Lipinski definition) is 12. The molecule has 21 heteroatoms. The number of anilines is 4. The molecule has 2 fully saturated rings. The molecule has 65 heavy (non-hydrogen) atoms. The zero-order chi connectivity index (χ0) is 46.5. The predicted octanol–water partition coefficient (Wildman–Crippen LogP) is 4.89. The number of aromatic nitrogens is 4. The summed E-state index contributed by atoms with van der Waals surface area (Å²) < 4.78 is 34.1. The Morgan fingerprint density at radius 2 is 1.66 bits per heavy atom. The number of carbonyl (C=O) groups excluding carboxylic acids is 5. The number of carboxylic acid groups (broad SMARTS) is 1. The average Bonchev–Trinajstić information content (AvgIpc) is 4.04. The van der Waals surface area contributed by atoms with Gasteiger partial charge in [-0.2, -0.15) is 0 Å². The number of fused-ring (bicyclic) bond motifs is 2. The molecule has 3 aliphatic rings. The monoisotopic (exact) mass is 897 g/mol. The third-order valence-electron chi connectivity index (χ3n) is 11.0. The lowest BCUT2D eigenvalue weighted by Gasteiger charge is -2.38. The largest absolute Gasteiger partial charge is 0.493 e. The third kappa shape index (κ3) is 10.0.